The zero-order valence-electron chi connectivity index (χ0n) is 8.85. The Hall–Kier alpha value is -2.00. The Balaban J connectivity index is 2.26. The fourth-order valence-electron chi connectivity index (χ4n) is 1.72. The van der Waals surface area contributed by atoms with E-state index in [0.717, 1.165) is 11.1 Å². The SMILES string of the molecule is Nc1cccc2nc(-c3ccccc3Cl)oc12. The van der Waals surface area contributed by atoms with Gasteiger partial charge in [0.25, 0.3) is 0 Å². The predicted octanol–water partition coefficient (Wildman–Crippen LogP) is 3.73. The molecule has 0 aliphatic heterocycles. The van der Waals surface area contributed by atoms with Crippen LogP contribution in [0.4, 0.5) is 5.69 Å². The van der Waals surface area contributed by atoms with Crippen LogP contribution in [-0.2, 0) is 0 Å². The summed E-state index contributed by atoms with van der Waals surface area (Å²) in [6.07, 6.45) is 0. The van der Waals surface area contributed by atoms with Crippen molar-refractivity contribution in [1.82, 2.24) is 4.98 Å². The summed E-state index contributed by atoms with van der Waals surface area (Å²) in [5.41, 5.74) is 8.50. The fraction of sp³-hybridized carbons (Fsp3) is 0. The molecule has 0 saturated carbocycles. The van der Waals surface area contributed by atoms with E-state index in [2.05, 4.69) is 4.98 Å². The van der Waals surface area contributed by atoms with Crippen LogP contribution in [0.3, 0.4) is 0 Å². The minimum atomic E-state index is 0.489. The van der Waals surface area contributed by atoms with E-state index < -0.39 is 0 Å². The van der Waals surface area contributed by atoms with Crippen molar-refractivity contribution in [3.05, 3.63) is 47.5 Å². The molecular formula is C13H9ClN2O. The first kappa shape index (κ1) is 10.2. The number of aromatic nitrogens is 1. The summed E-state index contributed by atoms with van der Waals surface area (Å²) in [5, 5.41) is 0.609. The van der Waals surface area contributed by atoms with Crippen molar-refractivity contribution in [1.29, 1.82) is 0 Å². The number of hydrogen-bond acceptors (Lipinski definition) is 3. The standard InChI is InChI=1S/C13H9ClN2O/c14-9-5-2-1-4-8(9)13-16-11-7-3-6-10(15)12(11)17-13/h1-7H,15H2. The summed E-state index contributed by atoms with van der Waals surface area (Å²) in [4.78, 5) is 4.37. The maximum Gasteiger partial charge on any atom is 0.228 e. The molecule has 3 nitrogen and oxygen atoms in total. The molecule has 3 rings (SSSR count). The lowest BCUT2D eigenvalue weighted by Crippen LogP contribution is -1.82. The normalized spacial score (nSPS) is 10.9. The van der Waals surface area contributed by atoms with Crippen molar-refractivity contribution in [2.45, 2.75) is 0 Å². The number of benzene rings is 2. The number of rotatable bonds is 1. The molecule has 17 heavy (non-hydrogen) atoms. The van der Waals surface area contributed by atoms with Gasteiger partial charge in [-0.05, 0) is 24.3 Å². The van der Waals surface area contributed by atoms with Crippen LogP contribution in [-0.4, -0.2) is 4.98 Å². The van der Waals surface area contributed by atoms with Crippen LogP contribution in [0.25, 0.3) is 22.6 Å². The van der Waals surface area contributed by atoms with E-state index >= 15 is 0 Å². The number of nitrogens with zero attached hydrogens (tertiary/aromatic N) is 1. The van der Waals surface area contributed by atoms with Crippen molar-refractivity contribution >= 4 is 28.4 Å². The Labute approximate surface area is 103 Å². The third-order valence-electron chi connectivity index (χ3n) is 2.55. The van der Waals surface area contributed by atoms with Gasteiger partial charge >= 0.3 is 0 Å². The summed E-state index contributed by atoms with van der Waals surface area (Å²) >= 11 is 6.09. The highest BCUT2D eigenvalue weighted by atomic mass is 35.5. The second kappa shape index (κ2) is 3.79. The lowest BCUT2D eigenvalue weighted by atomic mass is 10.2. The Morgan fingerprint density at radius 3 is 2.65 bits per heavy atom. The van der Waals surface area contributed by atoms with Crippen LogP contribution in [0.15, 0.2) is 46.9 Å². The summed E-state index contributed by atoms with van der Waals surface area (Å²) in [7, 11) is 0. The smallest absolute Gasteiger partial charge is 0.228 e. The molecule has 0 aliphatic carbocycles. The summed E-state index contributed by atoms with van der Waals surface area (Å²) in [6.45, 7) is 0. The first-order valence-electron chi connectivity index (χ1n) is 5.15. The molecular weight excluding hydrogens is 236 g/mol. The van der Waals surface area contributed by atoms with E-state index in [-0.39, 0.29) is 0 Å². The van der Waals surface area contributed by atoms with Crippen LogP contribution in [0.5, 0.6) is 0 Å². The van der Waals surface area contributed by atoms with Gasteiger partial charge in [0.15, 0.2) is 5.58 Å². The Bertz CT molecular complexity index is 691. The van der Waals surface area contributed by atoms with Gasteiger partial charge in [-0.25, -0.2) is 4.98 Å². The highest BCUT2D eigenvalue weighted by molar-refractivity contribution is 6.33. The molecule has 1 aromatic heterocycles. The van der Waals surface area contributed by atoms with Gasteiger partial charge in [0.2, 0.25) is 5.89 Å². The maximum atomic E-state index is 6.09. The molecule has 0 spiro atoms. The summed E-state index contributed by atoms with van der Waals surface area (Å²) in [5.74, 6) is 0.489. The van der Waals surface area contributed by atoms with Crippen LogP contribution >= 0.6 is 11.6 Å². The van der Waals surface area contributed by atoms with Crippen LogP contribution in [0.1, 0.15) is 0 Å². The van der Waals surface area contributed by atoms with Crippen molar-refractivity contribution in [3.63, 3.8) is 0 Å². The molecule has 0 saturated heterocycles. The van der Waals surface area contributed by atoms with Gasteiger partial charge in [0.1, 0.15) is 5.52 Å². The monoisotopic (exact) mass is 244 g/mol. The van der Waals surface area contributed by atoms with Crippen molar-refractivity contribution in [3.8, 4) is 11.5 Å². The lowest BCUT2D eigenvalue weighted by molar-refractivity contribution is 0.621. The molecule has 2 N–H and O–H groups in total. The van der Waals surface area contributed by atoms with Gasteiger partial charge in [-0.2, -0.15) is 0 Å². The van der Waals surface area contributed by atoms with Gasteiger partial charge in [-0.1, -0.05) is 29.8 Å². The second-order valence-corrected chi connectivity index (χ2v) is 4.10. The van der Waals surface area contributed by atoms with E-state index in [1.54, 1.807) is 12.1 Å². The first-order valence-corrected chi connectivity index (χ1v) is 5.53. The van der Waals surface area contributed by atoms with Crippen LogP contribution in [0.2, 0.25) is 5.02 Å². The zero-order valence-corrected chi connectivity index (χ0v) is 9.61. The minimum Gasteiger partial charge on any atom is -0.434 e. The van der Waals surface area contributed by atoms with Crippen molar-refractivity contribution in [2.75, 3.05) is 5.73 Å². The molecule has 2 aromatic carbocycles. The molecule has 0 atom stereocenters. The number of nitrogen functional groups attached to an aromatic ring is 1. The minimum absolute atomic E-state index is 0.489. The Morgan fingerprint density at radius 2 is 1.88 bits per heavy atom. The van der Waals surface area contributed by atoms with Gasteiger partial charge in [0.05, 0.1) is 16.3 Å². The molecule has 0 amide bonds. The zero-order chi connectivity index (χ0) is 11.8. The second-order valence-electron chi connectivity index (χ2n) is 3.69. The van der Waals surface area contributed by atoms with E-state index in [0.29, 0.717) is 22.2 Å². The maximum absolute atomic E-state index is 6.09. The number of anilines is 1. The van der Waals surface area contributed by atoms with Crippen LogP contribution in [0, 0.1) is 0 Å². The first-order chi connectivity index (χ1) is 8.25. The molecule has 0 fully saturated rings. The van der Waals surface area contributed by atoms with E-state index in [1.165, 1.54) is 0 Å². The van der Waals surface area contributed by atoms with Gasteiger partial charge in [-0.15, -0.1) is 0 Å². The number of para-hydroxylation sites is 1. The molecule has 84 valence electrons. The molecule has 0 bridgehead atoms. The number of fused-ring (bicyclic) bond motifs is 1. The van der Waals surface area contributed by atoms with Crippen LogP contribution < -0.4 is 5.73 Å². The highest BCUT2D eigenvalue weighted by Crippen LogP contribution is 2.31. The fourth-order valence-corrected chi connectivity index (χ4v) is 1.94. The molecule has 0 unspecified atom stereocenters. The summed E-state index contributed by atoms with van der Waals surface area (Å²) < 4.78 is 5.65. The average molecular weight is 245 g/mol. The Morgan fingerprint density at radius 1 is 1.06 bits per heavy atom. The van der Waals surface area contributed by atoms with E-state index in [4.69, 9.17) is 21.8 Å². The summed E-state index contributed by atoms with van der Waals surface area (Å²) in [6, 6.07) is 12.9. The molecule has 0 radical (unpaired) electrons. The molecule has 3 aromatic rings. The molecule has 0 aliphatic rings. The number of oxazole rings is 1. The number of nitrogens with two attached hydrogens (primary N) is 1. The third-order valence-corrected chi connectivity index (χ3v) is 2.88. The quantitative estimate of drug-likeness (QED) is 0.664. The van der Waals surface area contributed by atoms with Crippen molar-refractivity contribution in [2.24, 2.45) is 0 Å². The van der Waals surface area contributed by atoms with Crippen molar-refractivity contribution < 1.29 is 4.42 Å². The van der Waals surface area contributed by atoms with Gasteiger partial charge < -0.3 is 10.2 Å². The largest absolute Gasteiger partial charge is 0.434 e. The third kappa shape index (κ3) is 1.65. The van der Waals surface area contributed by atoms with Gasteiger partial charge in [0, 0.05) is 0 Å². The topological polar surface area (TPSA) is 52.0 Å². The Kier molecular flexibility index (Phi) is 2.27. The van der Waals surface area contributed by atoms with E-state index in [1.807, 2.05) is 30.3 Å². The lowest BCUT2D eigenvalue weighted by Gasteiger charge is -1.97. The molecule has 1 heterocycles. The molecule has 4 heteroatoms. The number of halogens is 1. The van der Waals surface area contributed by atoms with Gasteiger partial charge in [-0.3, -0.25) is 0 Å². The predicted molar refractivity (Wildman–Crippen MR) is 68.9 cm³/mol. The number of hydrogen-bond donors (Lipinski definition) is 1. The average Bonchev–Trinajstić information content (AvgIpc) is 2.75. The van der Waals surface area contributed by atoms with E-state index in [9.17, 15) is 0 Å². The highest BCUT2D eigenvalue weighted by Gasteiger charge is 2.12.